The highest BCUT2D eigenvalue weighted by molar-refractivity contribution is 7.89. The Morgan fingerprint density at radius 2 is 1.64 bits per heavy atom. The molecule has 0 spiro atoms. The van der Waals surface area contributed by atoms with Crippen molar-refractivity contribution in [3.8, 4) is 0 Å². The van der Waals surface area contributed by atoms with Crippen molar-refractivity contribution in [2.24, 2.45) is 0 Å². The Labute approximate surface area is 168 Å². The van der Waals surface area contributed by atoms with Gasteiger partial charge in [0.1, 0.15) is 19.1 Å². The highest BCUT2D eigenvalue weighted by atomic mass is 32.2. The summed E-state index contributed by atoms with van der Waals surface area (Å²) in [5.41, 5.74) is 3.30. The van der Waals surface area contributed by atoms with E-state index in [4.69, 9.17) is 4.74 Å². The van der Waals surface area contributed by atoms with Gasteiger partial charge in [-0.2, -0.15) is 0 Å². The van der Waals surface area contributed by atoms with Crippen molar-refractivity contribution >= 4 is 15.7 Å². The molecule has 28 heavy (non-hydrogen) atoms. The van der Waals surface area contributed by atoms with Crippen molar-refractivity contribution in [3.05, 3.63) is 59.7 Å². The smallest absolute Gasteiger partial charge is 0.240 e. The van der Waals surface area contributed by atoms with Crippen LogP contribution in [0.4, 0.5) is 5.69 Å². The lowest BCUT2D eigenvalue weighted by Gasteiger charge is -2.32. The molecule has 1 heterocycles. The van der Waals surface area contributed by atoms with E-state index < -0.39 is 10.0 Å². The summed E-state index contributed by atoms with van der Waals surface area (Å²) >= 11 is 0. The van der Waals surface area contributed by atoms with E-state index >= 15 is 0 Å². The summed E-state index contributed by atoms with van der Waals surface area (Å²) in [5, 5.41) is 0. The second-order valence-corrected chi connectivity index (χ2v) is 9.24. The number of nitrogens with one attached hydrogen (secondary N) is 2. The maximum atomic E-state index is 12.8. The second kappa shape index (κ2) is 9.05. The number of quaternary nitrogens is 1. The van der Waals surface area contributed by atoms with Crippen LogP contribution in [0.1, 0.15) is 17.2 Å². The summed E-state index contributed by atoms with van der Waals surface area (Å²) in [7, 11) is 0.476. The Bertz CT molecular complexity index is 859. The number of ether oxygens (including phenoxy) is 1. The quantitative estimate of drug-likeness (QED) is 0.723. The molecule has 3 rings (SSSR count). The zero-order valence-corrected chi connectivity index (χ0v) is 17.6. The van der Waals surface area contributed by atoms with Gasteiger partial charge in [0.15, 0.2) is 0 Å². The minimum Gasteiger partial charge on any atom is -0.378 e. The van der Waals surface area contributed by atoms with Crippen LogP contribution in [-0.4, -0.2) is 55.4 Å². The van der Waals surface area contributed by atoms with Crippen molar-refractivity contribution in [2.75, 3.05) is 51.8 Å². The third-order valence-corrected chi connectivity index (χ3v) is 6.69. The number of nitrogens with zero attached hydrogens (tertiary/aromatic N) is 1. The molecule has 2 aromatic carbocycles. The number of morpholine rings is 1. The third-order valence-electron chi connectivity index (χ3n) is 5.25. The molecule has 0 aliphatic carbocycles. The highest BCUT2D eigenvalue weighted by Crippen LogP contribution is 2.17. The topological polar surface area (TPSA) is 63.1 Å². The van der Waals surface area contributed by atoms with Crippen LogP contribution in [0.2, 0.25) is 0 Å². The number of sulfonamides is 1. The molecule has 2 aromatic rings. The first-order chi connectivity index (χ1) is 13.4. The molecule has 1 saturated heterocycles. The Hall–Kier alpha value is -1.93. The van der Waals surface area contributed by atoms with Crippen LogP contribution in [0, 0.1) is 6.92 Å². The minimum atomic E-state index is -3.54. The number of anilines is 1. The van der Waals surface area contributed by atoms with Crippen molar-refractivity contribution < 1.29 is 18.1 Å². The number of hydrogen-bond acceptors (Lipinski definition) is 4. The Morgan fingerprint density at radius 3 is 2.21 bits per heavy atom. The summed E-state index contributed by atoms with van der Waals surface area (Å²) in [6.07, 6.45) is 0. The van der Waals surface area contributed by atoms with Gasteiger partial charge in [-0.1, -0.05) is 29.8 Å². The summed E-state index contributed by atoms with van der Waals surface area (Å²) in [6.45, 7) is 5.43. The normalized spacial score (nSPS) is 16.7. The van der Waals surface area contributed by atoms with Crippen LogP contribution < -0.4 is 14.5 Å². The van der Waals surface area contributed by atoms with E-state index in [-0.39, 0.29) is 6.04 Å². The molecule has 152 valence electrons. The molecule has 0 radical (unpaired) electrons. The summed E-state index contributed by atoms with van der Waals surface area (Å²) in [6, 6.07) is 15.3. The number of hydrogen-bond donors (Lipinski definition) is 2. The van der Waals surface area contributed by atoms with Crippen LogP contribution in [0.25, 0.3) is 0 Å². The first kappa shape index (κ1) is 20.8. The molecule has 0 amide bonds. The van der Waals surface area contributed by atoms with Gasteiger partial charge in [0.2, 0.25) is 10.0 Å². The van der Waals surface area contributed by atoms with Gasteiger partial charge in [-0.05, 0) is 31.2 Å². The predicted octanol–water partition coefficient (Wildman–Crippen LogP) is 0.996. The van der Waals surface area contributed by atoms with Gasteiger partial charge < -0.3 is 14.5 Å². The average molecular weight is 405 g/mol. The van der Waals surface area contributed by atoms with Gasteiger partial charge in [-0.25, -0.2) is 13.1 Å². The van der Waals surface area contributed by atoms with Crippen molar-refractivity contribution in [3.63, 3.8) is 0 Å². The van der Waals surface area contributed by atoms with E-state index in [0.29, 0.717) is 24.7 Å². The molecule has 6 nitrogen and oxygen atoms in total. The van der Waals surface area contributed by atoms with Gasteiger partial charge in [-0.3, -0.25) is 0 Å². The molecule has 0 aromatic heterocycles. The fourth-order valence-electron chi connectivity index (χ4n) is 3.48. The molecule has 7 heteroatoms. The van der Waals surface area contributed by atoms with Crippen LogP contribution in [-0.2, 0) is 14.8 Å². The molecule has 1 aliphatic heterocycles. The van der Waals surface area contributed by atoms with Crippen LogP contribution in [0.15, 0.2) is 53.4 Å². The van der Waals surface area contributed by atoms with Gasteiger partial charge >= 0.3 is 0 Å². The number of aryl methyl sites for hydroxylation is 1. The predicted molar refractivity (Wildman–Crippen MR) is 111 cm³/mol. The minimum absolute atomic E-state index is 0.0420. The van der Waals surface area contributed by atoms with Crippen molar-refractivity contribution in [2.45, 2.75) is 17.9 Å². The molecule has 2 N–H and O–H groups in total. The molecule has 1 fully saturated rings. The van der Waals surface area contributed by atoms with Gasteiger partial charge in [0.05, 0.1) is 24.7 Å². The van der Waals surface area contributed by atoms with E-state index in [1.54, 1.807) is 12.1 Å². The van der Waals surface area contributed by atoms with Crippen molar-refractivity contribution in [1.29, 1.82) is 0 Å². The van der Waals surface area contributed by atoms with E-state index in [2.05, 4.69) is 33.9 Å². The molecular weight excluding hydrogens is 374 g/mol. The van der Waals surface area contributed by atoms with Crippen LogP contribution in [0.3, 0.4) is 0 Å². The van der Waals surface area contributed by atoms with E-state index in [1.165, 1.54) is 4.90 Å². The summed E-state index contributed by atoms with van der Waals surface area (Å²) in [4.78, 5) is 3.70. The maximum absolute atomic E-state index is 12.8. The monoisotopic (exact) mass is 404 g/mol. The lowest BCUT2D eigenvalue weighted by atomic mass is 10.0. The zero-order valence-electron chi connectivity index (χ0n) is 16.8. The van der Waals surface area contributed by atoms with E-state index in [0.717, 1.165) is 29.9 Å². The molecule has 1 atom stereocenters. The second-order valence-electron chi connectivity index (χ2n) is 7.47. The lowest BCUT2D eigenvalue weighted by molar-refractivity contribution is -0.937. The van der Waals surface area contributed by atoms with Gasteiger partial charge in [-0.15, -0.1) is 0 Å². The largest absolute Gasteiger partial charge is 0.378 e. The first-order valence-corrected chi connectivity index (χ1v) is 11.1. The summed E-state index contributed by atoms with van der Waals surface area (Å²) in [5.74, 6) is 0. The molecular formula is C21H30N3O3S+. The first-order valence-electron chi connectivity index (χ1n) is 9.63. The molecule has 1 aliphatic rings. The number of benzene rings is 2. The van der Waals surface area contributed by atoms with Crippen LogP contribution >= 0.6 is 0 Å². The standard InChI is InChI=1S/C21H29N3O3S/c1-17-4-10-20(11-5-17)28(25,26)22-16-21(24-12-14-27-15-13-24)18-6-8-19(9-7-18)23(2)3/h4-11,21-22H,12-16H2,1-3H3/p+1/t21-/m1/s1. The Balaban J connectivity index is 1.79. The maximum Gasteiger partial charge on any atom is 0.240 e. The van der Waals surface area contributed by atoms with E-state index in [9.17, 15) is 8.42 Å². The average Bonchev–Trinajstić information content (AvgIpc) is 2.69. The Kier molecular flexibility index (Phi) is 6.72. The van der Waals surface area contributed by atoms with E-state index in [1.807, 2.05) is 33.2 Å². The van der Waals surface area contributed by atoms with Crippen molar-refractivity contribution in [1.82, 2.24) is 4.72 Å². The van der Waals surface area contributed by atoms with Gasteiger partial charge in [0, 0.05) is 25.3 Å². The molecule has 0 bridgehead atoms. The van der Waals surface area contributed by atoms with Crippen LogP contribution in [0.5, 0.6) is 0 Å². The fraction of sp³-hybridized carbons (Fsp3) is 0.429. The zero-order chi connectivity index (χ0) is 20.1. The molecule has 0 unspecified atom stereocenters. The number of rotatable bonds is 7. The SMILES string of the molecule is Cc1ccc(S(=O)(=O)NC[C@H](c2ccc(N(C)C)cc2)[NH+]2CCOCC2)cc1. The molecule has 0 saturated carbocycles. The Morgan fingerprint density at radius 1 is 1.04 bits per heavy atom. The third kappa shape index (κ3) is 5.11. The fourth-order valence-corrected chi connectivity index (χ4v) is 4.53. The lowest BCUT2D eigenvalue weighted by Crippen LogP contribution is -3.15. The highest BCUT2D eigenvalue weighted by Gasteiger charge is 2.28. The van der Waals surface area contributed by atoms with Gasteiger partial charge in [0.25, 0.3) is 0 Å². The summed E-state index contributed by atoms with van der Waals surface area (Å²) < 4.78 is 33.8.